The molecule has 0 bridgehead atoms. The van der Waals surface area contributed by atoms with E-state index in [1.807, 2.05) is 30.5 Å². The number of hydrogen-bond acceptors (Lipinski definition) is 5. The molecule has 0 aliphatic carbocycles. The Hall–Kier alpha value is -1.97. The monoisotopic (exact) mass is 366 g/mol. The van der Waals surface area contributed by atoms with Gasteiger partial charge >= 0.3 is 0 Å². The van der Waals surface area contributed by atoms with Crippen molar-refractivity contribution in [3.8, 4) is 0 Å². The van der Waals surface area contributed by atoms with Gasteiger partial charge in [0.25, 0.3) is 0 Å². The second-order valence-corrected chi connectivity index (χ2v) is 8.65. The van der Waals surface area contributed by atoms with Crippen molar-refractivity contribution in [2.75, 3.05) is 33.1 Å². The SMILES string of the molecule is CN(C)S(=O)(=O)C[C@@H]1COC[C@H]1NC(=O)Cn1cc2ccccc2n1. The molecule has 136 valence electrons. The maximum absolute atomic E-state index is 12.3. The summed E-state index contributed by atoms with van der Waals surface area (Å²) >= 11 is 0. The molecule has 9 heteroatoms. The molecule has 1 saturated heterocycles. The zero-order valence-corrected chi connectivity index (χ0v) is 15.1. The maximum atomic E-state index is 12.3. The first-order valence-corrected chi connectivity index (χ1v) is 9.65. The first kappa shape index (κ1) is 17.8. The Bertz CT molecular complexity index is 829. The number of hydrogen-bond donors (Lipinski definition) is 1. The number of rotatable bonds is 6. The van der Waals surface area contributed by atoms with Crippen LogP contribution in [0.15, 0.2) is 30.5 Å². The molecule has 2 aromatic rings. The van der Waals surface area contributed by atoms with Crippen LogP contribution in [0.5, 0.6) is 0 Å². The maximum Gasteiger partial charge on any atom is 0.242 e. The number of carbonyl (C=O) groups excluding carboxylic acids is 1. The average Bonchev–Trinajstić information content (AvgIpc) is 3.13. The van der Waals surface area contributed by atoms with Crippen molar-refractivity contribution >= 4 is 26.8 Å². The van der Waals surface area contributed by atoms with Gasteiger partial charge in [-0.25, -0.2) is 12.7 Å². The second-order valence-electron chi connectivity index (χ2n) is 6.42. The highest BCUT2D eigenvalue weighted by Gasteiger charge is 2.34. The Morgan fingerprint density at radius 3 is 2.84 bits per heavy atom. The number of benzene rings is 1. The van der Waals surface area contributed by atoms with Gasteiger partial charge in [-0.05, 0) is 6.07 Å². The zero-order chi connectivity index (χ0) is 18.0. The number of nitrogens with one attached hydrogen (secondary N) is 1. The van der Waals surface area contributed by atoms with Gasteiger partial charge in [0.1, 0.15) is 6.54 Å². The molecule has 3 rings (SSSR count). The summed E-state index contributed by atoms with van der Waals surface area (Å²) in [7, 11) is -0.340. The van der Waals surface area contributed by atoms with Crippen molar-refractivity contribution in [3.63, 3.8) is 0 Å². The van der Waals surface area contributed by atoms with Gasteiger partial charge in [0.15, 0.2) is 0 Å². The lowest BCUT2D eigenvalue weighted by Gasteiger charge is -2.21. The molecule has 0 spiro atoms. The van der Waals surface area contributed by atoms with Gasteiger partial charge in [0.2, 0.25) is 15.9 Å². The van der Waals surface area contributed by atoms with Crippen LogP contribution in [-0.2, 0) is 26.1 Å². The van der Waals surface area contributed by atoms with Crippen molar-refractivity contribution in [3.05, 3.63) is 30.5 Å². The minimum atomic E-state index is -3.34. The van der Waals surface area contributed by atoms with Crippen LogP contribution in [0, 0.1) is 5.92 Å². The van der Waals surface area contributed by atoms with Crippen molar-refractivity contribution in [2.45, 2.75) is 12.6 Å². The van der Waals surface area contributed by atoms with Crippen molar-refractivity contribution < 1.29 is 17.9 Å². The fraction of sp³-hybridized carbons (Fsp3) is 0.500. The predicted molar refractivity (Wildman–Crippen MR) is 93.4 cm³/mol. The molecule has 1 aliphatic heterocycles. The summed E-state index contributed by atoms with van der Waals surface area (Å²) in [4.78, 5) is 12.3. The Kier molecular flexibility index (Phi) is 5.07. The summed E-state index contributed by atoms with van der Waals surface area (Å²) in [6.45, 7) is 0.725. The van der Waals surface area contributed by atoms with Gasteiger partial charge in [-0.1, -0.05) is 18.2 Å². The molecule has 1 N–H and O–H groups in total. The summed E-state index contributed by atoms with van der Waals surface area (Å²) in [5, 5.41) is 8.19. The first-order valence-electron chi connectivity index (χ1n) is 8.04. The summed E-state index contributed by atoms with van der Waals surface area (Å²) in [6, 6.07) is 7.32. The van der Waals surface area contributed by atoms with Crippen LogP contribution in [0.2, 0.25) is 0 Å². The van der Waals surface area contributed by atoms with Crippen LogP contribution in [-0.4, -0.2) is 67.5 Å². The lowest BCUT2D eigenvalue weighted by molar-refractivity contribution is -0.122. The number of ether oxygens (including phenoxy) is 1. The minimum absolute atomic E-state index is 0.0450. The molecule has 25 heavy (non-hydrogen) atoms. The van der Waals surface area contributed by atoms with E-state index < -0.39 is 10.0 Å². The van der Waals surface area contributed by atoms with E-state index in [-0.39, 0.29) is 30.2 Å². The molecule has 1 fully saturated rings. The Labute approximate surface area is 146 Å². The van der Waals surface area contributed by atoms with Crippen LogP contribution < -0.4 is 5.32 Å². The van der Waals surface area contributed by atoms with Crippen LogP contribution >= 0.6 is 0 Å². The molecule has 0 unspecified atom stereocenters. The third kappa shape index (κ3) is 4.17. The summed E-state index contributed by atoms with van der Waals surface area (Å²) < 4.78 is 32.3. The molecule has 1 amide bonds. The number of fused-ring (bicyclic) bond motifs is 1. The van der Waals surface area contributed by atoms with E-state index in [9.17, 15) is 13.2 Å². The van der Waals surface area contributed by atoms with Crippen LogP contribution in [0.25, 0.3) is 10.9 Å². The standard InChI is InChI=1S/C16H22N4O4S/c1-19(2)25(22,23)11-13-9-24-10-15(13)17-16(21)8-20-7-12-5-3-4-6-14(12)18-20/h3-7,13,15H,8-11H2,1-2H3,(H,17,21)/t13-,15+/m0/s1. The average molecular weight is 366 g/mol. The van der Waals surface area contributed by atoms with E-state index in [4.69, 9.17) is 4.74 Å². The Morgan fingerprint density at radius 2 is 2.12 bits per heavy atom. The van der Waals surface area contributed by atoms with E-state index >= 15 is 0 Å². The third-order valence-corrected chi connectivity index (χ3v) is 6.25. The number of nitrogens with zero attached hydrogens (tertiary/aromatic N) is 3. The Balaban J connectivity index is 1.61. The van der Waals surface area contributed by atoms with Gasteiger partial charge < -0.3 is 10.1 Å². The number of sulfonamides is 1. The normalized spacial score (nSPS) is 21.1. The number of carbonyl (C=O) groups is 1. The van der Waals surface area contributed by atoms with E-state index in [0.717, 1.165) is 10.9 Å². The molecule has 0 saturated carbocycles. The van der Waals surface area contributed by atoms with E-state index in [0.29, 0.717) is 13.2 Å². The highest BCUT2D eigenvalue weighted by Crippen LogP contribution is 2.17. The zero-order valence-electron chi connectivity index (χ0n) is 14.3. The highest BCUT2D eigenvalue weighted by molar-refractivity contribution is 7.89. The van der Waals surface area contributed by atoms with Gasteiger partial charge in [-0.2, -0.15) is 5.10 Å². The van der Waals surface area contributed by atoms with Crippen LogP contribution in [0.3, 0.4) is 0 Å². The van der Waals surface area contributed by atoms with E-state index in [1.165, 1.54) is 18.4 Å². The molecule has 2 heterocycles. The first-order chi connectivity index (χ1) is 11.8. The predicted octanol–water partition coefficient (Wildman–Crippen LogP) is 0.0589. The van der Waals surface area contributed by atoms with E-state index in [2.05, 4.69) is 10.4 Å². The molecule has 1 aromatic heterocycles. The van der Waals surface area contributed by atoms with Crippen LogP contribution in [0.1, 0.15) is 0 Å². The van der Waals surface area contributed by atoms with Crippen molar-refractivity contribution in [1.82, 2.24) is 19.4 Å². The summed E-state index contributed by atoms with van der Waals surface area (Å²) in [5.74, 6) is -0.514. The molecule has 1 aliphatic rings. The second kappa shape index (κ2) is 7.11. The fourth-order valence-corrected chi connectivity index (χ4v) is 4.01. The molecular weight excluding hydrogens is 344 g/mol. The Morgan fingerprint density at radius 1 is 1.36 bits per heavy atom. The van der Waals surface area contributed by atoms with Gasteiger partial charge in [0.05, 0.1) is 30.5 Å². The smallest absolute Gasteiger partial charge is 0.242 e. The quantitative estimate of drug-likeness (QED) is 0.780. The van der Waals surface area contributed by atoms with Crippen LogP contribution in [0.4, 0.5) is 0 Å². The fourth-order valence-electron chi connectivity index (χ4n) is 2.84. The molecule has 8 nitrogen and oxygen atoms in total. The molecule has 1 aromatic carbocycles. The van der Waals surface area contributed by atoms with Gasteiger partial charge in [0, 0.05) is 31.6 Å². The molecule has 0 radical (unpaired) electrons. The van der Waals surface area contributed by atoms with Gasteiger partial charge in [-0.15, -0.1) is 0 Å². The summed E-state index contributed by atoms with van der Waals surface area (Å²) in [6.07, 6.45) is 1.81. The minimum Gasteiger partial charge on any atom is -0.379 e. The van der Waals surface area contributed by atoms with Gasteiger partial charge in [-0.3, -0.25) is 9.48 Å². The third-order valence-electron chi connectivity index (χ3n) is 4.29. The molecule has 2 atom stereocenters. The summed E-state index contributed by atoms with van der Waals surface area (Å²) in [5.41, 5.74) is 0.828. The van der Waals surface area contributed by atoms with Crippen molar-refractivity contribution in [1.29, 1.82) is 0 Å². The number of amides is 1. The number of aromatic nitrogens is 2. The molecular formula is C16H22N4O4S. The topological polar surface area (TPSA) is 93.5 Å². The van der Waals surface area contributed by atoms with Crippen molar-refractivity contribution in [2.24, 2.45) is 5.92 Å². The highest BCUT2D eigenvalue weighted by atomic mass is 32.2. The lowest BCUT2D eigenvalue weighted by atomic mass is 10.1. The van der Waals surface area contributed by atoms with E-state index in [1.54, 1.807) is 4.68 Å². The largest absolute Gasteiger partial charge is 0.379 e. The lowest BCUT2D eigenvalue weighted by Crippen LogP contribution is -2.44.